The van der Waals surface area contributed by atoms with Crippen molar-refractivity contribution in [1.29, 1.82) is 0 Å². The van der Waals surface area contributed by atoms with Crippen LogP contribution < -0.4 is 10.6 Å². The summed E-state index contributed by atoms with van der Waals surface area (Å²) in [6, 6.07) is 9.31. The number of carbonyl (C=O) groups excluding carboxylic acids is 1. The highest BCUT2D eigenvalue weighted by molar-refractivity contribution is 5.77. The van der Waals surface area contributed by atoms with Crippen LogP contribution in [0.25, 0.3) is 0 Å². The summed E-state index contributed by atoms with van der Waals surface area (Å²) in [7, 11) is 0. The highest BCUT2D eigenvalue weighted by Gasteiger charge is 2.21. The van der Waals surface area contributed by atoms with Gasteiger partial charge in [0.05, 0.1) is 6.04 Å². The summed E-state index contributed by atoms with van der Waals surface area (Å²) in [5, 5.41) is 15.1. The van der Waals surface area contributed by atoms with E-state index in [0.717, 1.165) is 25.1 Å². The van der Waals surface area contributed by atoms with E-state index in [2.05, 4.69) is 10.6 Å². The zero-order chi connectivity index (χ0) is 15.1. The first-order valence-corrected chi connectivity index (χ1v) is 7.42. The Kier molecular flexibility index (Phi) is 5.75. The molecule has 1 aliphatic heterocycles. The summed E-state index contributed by atoms with van der Waals surface area (Å²) in [5.41, 5.74) is 0.955. The number of carboxylic acids is 1. The van der Waals surface area contributed by atoms with E-state index in [-0.39, 0.29) is 18.4 Å². The Balaban J connectivity index is 1.94. The van der Waals surface area contributed by atoms with Crippen LogP contribution in [-0.4, -0.2) is 30.1 Å². The lowest BCUT2D eigenvalue weighted by Crippen LogP contribution is -2.30. The maximum atomic E-state index is 12.1. The van der Waals surface area contributed by atoms with E-state index in [0.29, 0.717) is 18.8 Å². The summed E-state index contributed by atoms with van der Waals surface area (Å²) in [5.74, 6) is -0.450. The van der Waals surface area contributed by atoms with Gasteiger partial charge in [0, 0.05) is 12.8 Å². The number of aliphatic carboxylic acids is 1. The average Bonchev–Trinajstić information content (AvgIpc) is 2.97. The van der Waals surface area contributed by atoms with Crippen LogP contribution in [0.4, 0.5) is 0 Å². The maximum absolute atomic E-state index is 12.1. The molecule has 5 heteroatoms. The lowest BCUT2D eigenvalue weighted by Gasteiger charge is -2.19. The number of benzene rings is 1. The molecule has 2 atom stereocenters. The molecule has 2 rings (SSSR count). The summed E-state index contributed by atoms with van der Waals surface area (Å²) < 4.78 is 0. The van der Waals surface area contributed by atoms with Crippen LogP contribution in [0.1, 0.15) is 37.3 Å². The second-order valence-corrected chi connectivity index (χ2v) is 5.53. The monoisotopic (exact) mass is 290 g/mol. The number of hydrogen-bond donors (Lipinski definition) is 3. The number of rotatable bonds is 7. The van der Waals surface area contributed by atoms with E-state index in [9.17, 15) is 9.59 Å². The van der Waals surface area contributed by atoms with Gasteiger partial charge in [0.15, 0.2) is 0 Å². The van der Waals surface area contributed by atoms with E-state index in [1.54, 1.807) is 0 Å². The predicted octanol–water partition coefficient (Wildman–Crippen LogP) is 1.71. The molecule has 0 saturated carbocycles. The molecular weight excluding hydrogens is 268 g/mol. The minimum atomic E-state index is -0.842. The van der Waals surface area contributed by atoms with Crippen molar-refractivity contribution in [3.8, 4) is 0 Å². The van der Waals surface area contributed by atoms with Gasteiger partial charge in [-0.25, -0.2) is 0 Å². The number of hydrogen-bond acceptors (Lipinski definition) is 3. The molecule has 21 heavy (non-hydrogen) atoms. The molecule has 1 fully saturated rings. The first-order chi connectivity index (χ1) is 10.1. The van der Waals surface area contributed by atoms with Crippen molar-refractivity contribution in [2.75, 3.05) is 13.1 Å². The fourth-order valence-electron chi connectivity index (χ4n) is 2.68. The molecule has 1 saturated heterocycles. The fraction of sp³-hybridized carbons (Fsp3) is 0.500. The van der Waals surface area contributed by atoms with E-state index in [4.69, 9.17) is 5.11 Å². The van der Waals surface area contributed by atoms with E-state index < -0.39 is 5.97 Å². The molecular formula is C16H22N2O3. The molecule has 2 unspecified atom stereocenters. The maximum Gasteiger partial charge on any atom is 0.303 e. The number of amides is 1. The number of carboxylic acid groups (broad SMARTS) is 1. The molecule has 5 nitrogen and oxygen atoms in total. The third-order valence-corrected chi connectivity index (χ3v) is 3.82. The van der Waals surface area contributed by atoms with Crippen LogP contribution in [-0.2, 0) is 9.59 Å². The minimum absolute atomic E-state index is 0.00272. The largest absolute Gasteiger partial charge is 0.481 e. The first kappa shape index (κ1) is 15.5. The Morgan fingerprint density at radius 3 is 2.71 bits per heavy atom. The van der Waals surface area contributed by atoms with Crippen molar-refractivity contribution in [2.45, 2.75) is 31.7 Å². The second kappa shape index (κ2) is 7.78. The highest BCUT2D eigenvalue weighted by atomic mass is 16.4. The second-order valence-electron chi connectivity index (χ2n) is 5.53. The molecule has 1 aliphatic rings. The van der Waals surface area contributed by atoms with Gasteiger partial charge >= 0.3 is 5.97 Å². The van der Waals surface area contributed by atoms with Crippen LogP contribution in [0.3, 0.4) is 0 Å². The Hall–Kier alpha value is -1.88. The SMILES string of the molecule is O=C(O)CCC(NC(=O)CC1CCNC1)c1ccccc1. The summed E-state index contributed by atoms with van der Waals surface area (Å²) >= 11 is 0. The molecule has 1 aromatic carbocycles. The van der Waals surface area contributed by atoms with Crippen molar-refractivity contribution in [3.63, 3.8) is 0 Å². The molecule has 0 radical (unpaired) electrons. The predicted molar refractivity (Wildman–Crippen MR) is 79.8 cm³/mol. The van der Waals surface area contributed by atoms with Gasteiger partial charge < -0.3 is 15.7 Å². The van der Waals surface area contributed by atoms with Crippen molar-refractivity contribution in [2.24, 2.45) is 5.92 Å². The standard InChI is InChI=1S/C16H22N2O3/c19-15(10-12-8-9-17-11-12)18-14(6-7-16(20)21)13-4-2-1-3-5-13/h1-5,12,14,17H,6-11H2,(H,18,19)(H,20,21). The zero-order valence-electron chi connectivity index (χ0n) is 12.0. The Morgan fingerprint density at radius 1 is 1.33 bits per heavy atom. The third-order valence-electron chi connectivity index (χ3n) is 3.82. The lowest BCUT2D eigenvalue weighted by atomic mass is 10.00. The summed E-state index contributed by atoms with van der Waals surface area (Å²) in [6.45, 7) is 1.86. The topological polar surface area (TPSA) is 78.4 Å². The van der Waals surface area contributed by atoms with Gasteiger partial charge in [0.25, 0.3) is 0 Å². The molecule has 0 aliphatic carbocycles. The Labute approximate surface area is 124 Å². The van der Waals surface area contributed by atoms with Gasteiger partial charge in [-0.2, -0.15) is 0 Å². The number of nitrogens with one attached hydrogen (secondary N) is 2. The first-order valence-electron chi connectivity index (χ1n) is 7.42. The molecule has 0 aromatic heterocycles. The molecule has 3 N–H and O–H groups in total. The van der Waals surface area contributed by atoms with E-state index in [1.165, 1.54) is 0 Å². The van der Waals surface area contributed by atoms with Gasteiger partial charge in [-0.15, -0.1) is 0 Å². The quantitative estimate of drug-likeness (QED) is 0.714. The highest BCUT2D eigenvalue weighted by Crippen LogP contribution is 2.20. The molecule has 0 bridgehead atoms. The van der Waals surface area contributed by atoms with E-state index >= 15 is 0 Å². The minimum Gasteiger partial charge on any atom is -0.481 e. The molecule has 1 heterocycles. The summed E-state index contributed by atoms with van der Waals surface area (Å²) in [4.78, 5) is 22.9. The van der Waals surface area contributed by atoms with Crippen LogP contribution in [0.2, 0.25) is 0 Å². The normalized spacial score (nSPS) is 19.1. The molecule has 1 amide bonds. The average molecular weight is 290 g/mol. The van der Waals surface area contributed by atoms with Gasteiger partial charge in [0.2, 0.25) is 5.91 Å². The summed E-state index contributed by atoms with van der Waals surface area (Å²) in [6.07, 6.45) is 1.99. The van der Waals surface area contributed by atoms with Gasteiger partial charge in [-0.1, -0.05) is 30.3 Å². The van der Waals surface area contributed by atoms with Crippen LogP contribution in [0, 0.1) is 5.92 Å². The lowest BCUT2D eigenvalue weighted by molar-refractivity contribution is -0.137. The zero-order valence-corrected chi connectivity index (χ0v) is 12.0. The number of carbonyl (C=O) groups is 2. The third kappa shape index (κ3) is 5.19. The Bertz CT molecular complexity index is 470. The van der Waals surface area contributed by atoms with Crippen LogP contribution in [0.5, 0.6) is 0 Å². The molecule has 114 valence electrons. The van der Waals surface area contributed by atoms with Crippen molar-refractivity contribution in [1.82, 2.24) is 10.6 Å². The van der Waals surface area contributed by atoms with Crippen LogP contribution in [0.15, 0.2) is 30.3 Å². The van der Waals surface area contributed by atoms with Crippen molar-refractivity contribution >= 4 is 11.9 Å². The Morgan fingerprint density at radius 2 is 2.10 bits per heavy atom. The molecule has 1 aromatic rings. The van der Waals surface area contributed by atoms with E-state index in [1.807, 2.05) is 30.3 Å². The smallest absolute Gasteiger partial charge is 0.303 e. The van der Waals surface area contributed by atoms with Gasteiger partial charge in [-0.3, -0.25) is 9.59 Å². The van der Waals surface area contributed by atoms with Crippen molar-refractivity contribution in [3.05, 3.63) is 35.9 Å². The fourth-order valence-corrected chi connectivity index (χ4v) is 2.68. The van der Waals surface area contributed by atoms with Gasteiger partial charge in [-0.05, 0) is 37.4 Å². The van der Waals surface area contributed by atoms with Crippen molar-refractivity contribution < 1.29 is 14.7 Å². The van der Waals surface area contributed by atoms with Gasteiger partial charge in [0.1, 0.15) is 0 Å². The molecule has 0 spiro atoms. The van der Waals surface area contributed by atoms with Crippen LogP contribution >= 0.6 is 0 Å².